The number of aromatic amines is 2. The van der Waals surface area contributed by atoms with Crippen molar-refractivity contribution in [1.29, 1.82) is 0 Å². The number of anilines is 1. The Bertz CT molecular complexity index is 2070. The fourth-order valence-corrected chi connectivity index (χ4v) is 8.02. The number of hydrogen-bond acceptors (Lipinski definition) is 5. The monoisotopic (exact) mass is 590 g/mol. The van der Waals surface area contributed by atoms with Gasteiger partial charge in [0.15, 0.2) is 5.78 Å². The van der Waals surface area contributed by atoms with E-state index in [4.69, 9.17) is 4.74 Å². The highest BCUT2D eigenvalue weighted by Crippen LogP contribution is 2.68. The highest BCUT2D eigenvalue weighted by molar-refractivity contribution is 7.12. The van der Waals surface area contributed by atoms with Gasteiger partial charge in [-0.3, -0.25) is 14.9 Å². The van der Waals surface area contributed by atoms with Gasteiger partial charge < -0.3 is 19.6 Å². The third-order valence-electron chi connectivity index (χ3n) is 8.84. The van der Waals surface area contributed by atoms with Crippen LogP contribution < -0.4 is 5.32 Å². The summed E-state index contributed by atoms with van der Waals surface area (Å²) in [6.45, 7) is 8.19. The number of likely N-dealkylation sites (tertiary alicyclic amines) is 1. The number of piperidine rings is 1. The normalized spacial score (nSPS) is 20.6. The van der Waals surface area contributed by atoms with Crippen LogP contribution in [0.1, 0.15) is 58.5 Å². The van der Waals surface area contributed by atoms with E-state index < -0.39 is 11.7 Å². The maximum atomic E-state index is 13.8. The van der Waals surface area contributed by atoms with Gasteiger partial charge in [0.25, 0.3) is 5.91 Å². The summed E-state index contributed by atoms with van der Waals surface area (Å²) >= 11 is 1.52. The van der Waals surface area contributed by atoms with E-state index in [1.54, 1.807) is 6.08 Å². The van der Waals surface area contributed by atoms with Crippen LogP contribution >= 0.6 is 11.3 Å². The molecule has 3 aliphatic rings. The summed E-state index contributed by atoms with van der Waals surface area (Å²) < 4.78 is 5.37. The number of thiophene rings is 1. The number of aryl methyl sites for hydroxylation is 1. The molecule has 43 heavy (non-hydrogen) atoms. The standard InChI is InChI=1S/C34H30N4O4S/c1-17-16-43-30-27(39)13-28-34(29(17)30)14-21(34)15-38(28)31(40)26-12-19-9-18(5-7-23(19)37-26)25-11-20-10-22(6-8-24(20)36-25)35-32(41)42-33(2,3)4/h5-13,16,21,36-37H,14-15H2,1-4H3,(H,35,41). The lowest BCUT2D eigenvalue weighted by atomic mass is 9.84. The van der Waals surface area contributed by atoms with E-state index in [0.29, 0.717) is 23.8 Å². The molecule has 216 valence electrons. The molecule has 2 fully saturated rings. The van der Waals surface area contributed by atoms with Crippen LogP contribution in [0.15, 0.2) is 65.7 Å². The number of rotatable bonds is 3. The molecule has 0 radical (unpaired) electrons. The topological polar surface area (TPSA) is 107 Å². The van der Waals surface area contributed by atoms with Crippen molar-refractivity contribution in [2.24, 2.45) is 5.92 Å². The van der Waals surface area contributed by atoms with Gasteiger partial charge in [-0.1, -0.05) is 6.07 Å². The average Bonchev–Trinajstić information content (AvgIpc) is 3.39. The number of amides is 2. The van der Waals surface area contributed by atoms with Crippen LogP contribution in [0.25, 0.3) is 33.1 Å². The van der Waals surface area contributed by atoms with Crippen molar-refractivity contribution in [3.05, 3.63) is 87.4 Å². The summed E-state index contributed by atoms with van der Waals surface area (Å²) in [6.07, 6.45) is 2.21. The Hall–Kier alpha value is -4.63. The van der Waals surface area contributed by atoms with E-state index in [2.05, 4.69) is 33.7 Å². The van der Waals surface area contributed by atoms with Crippen LogP contribution in [0.2, 0.25) is 0 Å². The largest absolute Gasteiger partial charge is 0.444 e. The second-order valence-electron chi connectivity index (χ2n) is 12.9. The van der Waals surface area contributed by atoms with Gasteiger partial charge in [-0.15, -0.1) is 11.3 Å². The number of ketones is 1. The van der Waals surface area contributed by atoms with E-state index in [9.17, 15) is 14.4 Å². The Morgan fingerprint density at radius 2 is 1.81 bits per heavy atom. The van der Waals surface area contributed by atoms with Gasteiger partial charge in [-0.2, -0.15) is 0 Å². The van der Waals surface area contributed by atoms with Crippen LogP contribution in [0.5, 0.6) is 0 Å². The SMILES string of the molecule is Cc1csc2c1C13CC1CN(C(=O)c1cc4cc(-c5cc6cc(NC(=O)OC(C)(C)C)ccc6[nH]5)ccc4[nH]1)C3=CC2=O. The van der Waals surface area contributed by atoms with Crippen molar-refractivity contribution in [1.82, 2.24) is 14.9 Å². The maximum Gasteiger partial charge on any atom is 0.412 e. The summed E-state index contributed by atoms with van der Waals surface area (Å²) in [6, 6.07) is 15.7. The molecule has 8 nitrogen and oxygen atoms in total. The van der Waals surface area contributed by atoms with Crippen LogP contribution in [-0.4, -0.2) is 44.8 Å². The van der Waals surface area contributed by atoms with Gasteiger partial charge in [-0.25, -0.2) is 4.79 Å². The zero-order valence-electron chi connectivity index (χ0n) is 24.3. The Kier molecular flexibility index (Phi) is 5.27. The Morgan fingerprint density at radius 1 is 1.05 bits per heavy atom. The van der Waals surface area contributed by atoms with Crippen LogP contribution in [0.3, 0.4) is 0 Å². The Morgan fingerprint density at radius 3 is 2.63 bits per heavy atom. The van der Waals surface area contributed by atoms with Crippen molar-refractivity contribution in [2.45, 2.75) is 45.1 Å². The highest BCUT2D eigenvalue weighted by atomic mass is 32.1. The number of H-pyrrole nitrogens is 2. The minimum absolute atomic E-state index is 0.00596. The summed E-state index contributed by atoms with van der Waals surface area (Å²) in [5.41, 5.74) is 7.28. The van der Waals surface area contributed by atoms with E-state index >= 15 is 0 Å². The van der Waals surface area contributed by atoms with Crippen molar-refractivity contribution in [3.8, 4) is 11.3 Å². The number of benzene rings is 2. The second kappa shape index (κ2) is 8.70. The number of ether oxygens (including phenoxy) is 1. The third-order valence-corrected chi connectivity index (χ3v) is 9.95. The van der Waals surface area contributed by atoms with E-state index in [1.165, 1.54) is 11.3 Å². The van der Waals surface area contributed by atoms with Crippen molar-refractivity contribution in [3.63, 3.8) is 0 Å². The summed E-state index contributed by atoms with van der Waals surface area (Å²) in [5.74, 6) is 0.266. The van der Waals surface area contributed by atoms with Gasteiger partial charge >= 0.3 is 6.09 Å². The van der Waals surface area contributed by atoms with Crippen molar-refractivity contribution < 1.29 is 19.1 Å². The number of carbonyl (C=O) groups is 3. The Labute approximate surface area is 251 Å². The number of nitrogens with one attached hydrogen (secondary N) is 3. The molecule has 1 aliphatic heterocycles. The molecule has 1 saturated heterocycles. The zero-order chi connectivity index (χ0) is 29.8. The lowest BCUT2D eigenvalue weighted by Gasteiger charge is -2.28. The molecule has 0 bridgehead atoms. The first-order valence-electron chi connectivity index (χ1n) is 14.4. The minimum Gasteiger partial charge on any atom is -0.444 e. The van der Waals surface area contributed by atoms with Crippen molar-refractivity contribution >= 4 is 56.6 Å². The lowest BCUT2D eigenvalue weighted by Crippen LogP contribution is -2.33. The molecule has 2 aliphatic carbocycles. The van der Waals surface area contributed by atoms with Crippen LogP contribution in [0, 0.1) is 12.8 Å². The van der Waals surface area contributed by atoms with Crippen LogP contribution in [-0.2, 0) is 10.2 Å². The molecule has 4 heterocycles. The fraction of sp³-hybridized carbons (Fsp3) is 0.265. The number of carbonyl (C=O) groups excluding carboxylic acids is 3. The second-order valence-corrected chi connectivity index (χ2v) is 13.8. The van der Waals surface area contributed by atoms with Gasteiger partial charge in [0.1, 0.15) is 11.3 Å². The van der Waals surface area contributed by atoms with E-state index in [1.807, 2.05) is 68.1 Å². The van der Waals surface area contributed by atoms with Gasteiger partial charge in [0.2, 0.25) is 0 Å². The molecule has 2 atom stereocenters. The molecule has 1 spiro atoms. The summed E-state index contributed by atoms with van der Waals surface area (Å²) in [7, 11) is 0. The number of aromatic nitrogens is 2. The Balaban J connectivity index is 1.06. The summed E-state index contributed by atoms with van der Waals surface area (Å²) in [5, 5.41) is 6.74. The van der Waals surface area contributed by atoms with Crippen molar-refractivity contribution in [2.75, 3.05) is 11.9 Å². The molecular formula is C34H30N4O4S. The maximum absolute atomic E-state index is 13.8. The molecule has 3 N–H and O–H groups in total. The third kappa shape index (κ3) is 3.98. The molecule has 3 aromatic heterocycles. The zero-order valence-corrected chi connectivity index (χ0v) is 25.1. The highest BCUT2D eigenvalue weighted by Gasteiger charge is 2.68. The van der Waals surface area contributed by atoms with Gasteiger partial charge in [-0.05, 0) is 105 Å². The number of fused-ring (bicyclic) bond motifs is 3. The van der Waals surface area contributed by atoms with Gasteiger partial charge in [0.05, 0.1) is 4.88 Å². The molecule has 5 aromatic rings. The molecule has 9 heteroatoms. The first kappa shape index (κ1) is 26.0. The number of hydrogen-bond donors (Lipinski definition) is 3. The molecule has 1 saturated carbocycles. The number of nitrogens with zero attached hydrogens (tertiary/aromatic N) is 1. The van der Waals surface area contributed by atoms with E-state index in [-0.39, 0.29) is 17.1 Å². The minimum atomic E-state index is -0.576. The number of allylic oxidation sites excluding steroid dienone is 2. The first-order valence-corrected chi connectivity index (χ1v) is 15.3. The van der Waals surface area contributed by atoms with Gasteiger partial charge in [0, 0.05) is 56.9 Å². The first-order chi connectivity index (χ1) is 20.5. The lowest BCUT2D eigenvalue weighted by molar-refractivity contribution is 0.0635. The van der Waals surface area contributed by atoms with Crippen LogP contribution in [0.4, 0.5) is 10.5 Å². The molecule has 2 amide bonds. The fourth-order valence-electron chi connectivity index (χ4n) is 6.97. The smallest absolute Gasteiger partial charge is 0.412 e. The van der Waals surface area contributed by atoms with E-state index in [0.717, 1.165) is 61.2 Å². The molecule has 2 aromatic carbocycles. The summed E-state index contributed by atoms with van der Waals surface area (Å²) in [4.78, 5) is 48.4. The predicted molar refractivity (Wildman–Crippen MR) is 168 cm³/mol. The molecule has 8 rings (SSSR count). The average molecular weight is 591 g/mol. The quantitative estimate of drug-likeness (QED) is 0.202. The molecular weight excluding hydrogens is 560 g/mol. The predicted octanol–water partition coefficient (Wildman–Crippen LogP) is 7.53. The molecule has 2 unspecified atom stereocenters.